The molecule has 1 aromatic rings. The van der Waals surface area contributed by atoms with Gasteiger partial charge in [-0.15, -0.1) is 0 Å². The molecule has 3 rings (SSSR count). The minimum Gasteiger partial charge on any atom is -0.465 e. The van der Waals surface area contributed by atoms with Crippen LogP contribution in [-0.2, 0) is 44.7 Å². The highest BCUT2D eigenvalue weighted by Crippen LogP contribution is 2.21. The average molecular weight is 573 g/mol. The summed E-state index contributed by atoms with van der Waals surface area (Å²) in [5.74, 6) is -2.43. The third-order valence-electron chi connectivity index (χ3n) is 6.95. The van der Waals surface area contributed by atoms with Crippen molar-refractivity contribution in [2.75, 3.05) is 6.61 Å². The molecule has 2 fully saturated rings. The van der Waals surface area contributed by atoms with Crippen molar-refractivity contribution in [2.45, 2.75) is 117 Å². The highest BCUT2D eigenvalue weighted by Gasteiger charge is 2.29. The van der Waals surface area contributed by atoms with Crippen molar-refractivity contribution in [1.82, 2.24) is 0 Å². The molecule has 8 heteroatoms. The first kappa shape index (κ1) is 34.0. The molecule has 0 radical (unpaired) electrons. The SMILES string of the molecule is CCCC(C(=O)OCc1ccccc1)C(=O)OCC(C)C.O=C(/C=C\C(=O)OC1CCCCC1)OC1CCCCC1. The monoisotopic (exact) mass is 572 g/mol. The van der Waals surface area contributed by atoms with Crippen molar-refractivity contribution < 1.29 is 38.1 Å². The summed E-state index contributed by atoms with van der Waals surface area (Å²) in [4.78, 5) is 47.2. The lowest BCUT2D eigenvalue weighted by Crippen LogP contribution is -2.28. The molecule has 1 atom stereocenters. The summed E-state index contributed by atoms with van der Waals surface area (Å²) in [5.41, 5.74) is 0.900. The minimum atomic E-state index is -0.822. The Morgan fingerprint density at radius 2 is 1.24 bits per heavy atom. The van der Waals surface area contributed by atoms with Gasteiger partial charge in [-0.05, 0) is 69.3 Å². The Balaban J connectivity index is 0.000000287. The number of hydrogen-bond donors (Lipinski definition) is 0. The van der Waals surface area contributed by atoms with Crippen molar-refractivity contribution in [1.29, 1.82) is 0 Å². The molecule has 0 aliphatic heterocycles. The first-order valence-electron chi connectivity index (χ1n) is 15.2. The Morgan fingerprint density at radius 1 is 0.756 bits per heavy atom. The van der Waals surface area contributed by atoms with Gasteiger partial charge in [-0.2, -0.15) is 0 Å². The Hall–Kier alpha value is -3.16. The molecule has 0 aromatic heterocycles. The lowest BCUT2D eigenvalue weighted by atomic mass is 9.98. The van der Waals surface area contributed by atoms with Crippen LogP contribution in [0.4, 0.5) is 0 Å². The number of benzene rings is 1. The van der Waals surface area contributed by atoms with Crippen LogP contribution in [0.3, 0.4) is 0 Å². The molecule has 2 saturated carbocycles. The van der Waals surface area contributed by atoms with E-state index < -0.39 is 29.8 Å². The average Bonchev–Trinajstić information content (AvgIpc) is 2.98. The van der Waals surface area contributed by atoms with Crippen molar-refractivity contribution >= 4 is 23.9 Å². The van der Waals surface area contributed by atoms with Crippen molar-refractivity contribution in [3.63, 3.8) is 0 Å². The molecule has 1 aromatic carbocycles. The number of rotatable bonds is 12. The zero-order chi connectivity index (χ0) is 29.9. The number of hydrogen-bond acceptors (Lipinski definition) is 8. The van der Waals surface area contributed by atoms with E-state index in [-0.39, 0.29) is 24.7 Å². The third kappa shape index (κ3) is 14.9. The first-order valence-corrected chi connectivity index (χ1v) is 15.2. The lowest BCUT2D eigenvalue weighted by Gasteiger charge is -2.21. The summed E-state index contributed by atoms with van der Waals surface area (Å²) in [5, 5.41) is 0. The molecule has 0 heterocycles. The van der Waals surface area contributed by atoms with Gasteiger partial charge < -0.3 is 18.9 Å². The van der Waals surface area contributed by atoms with Gasteiger partial charge >= 0.3 is 23.9 Å². The predicted octanol–water partition coefficient (Wildman–Crippen LogP) is 6.64. The second-order valence-corrected chi connectivity index (χ2v) is 11.2. The fraction of sp³-hybridized carbons (Fsp3) is 0.636. The third-order valence-corrected chi connectivity index (χ3v) is 6.95. The molecule has 0 saturated heterocycles. The molecule has 2 aliphatic carbocycles. The van der Waals surface area contributed by atoms with E-state index in [1.807, 2.05) is 51.1 Å². The Bertz CT molecular complexity index is 909. The molecule has 0 spiro atoms. The summed E-state index contributed by atoms with van der Waals surface area (Å²) in [6.07, 6.45) is 14.3. The quantitative estimate of drug-likeness (QED) is 0.119. The van der Waals surface area contributed by atoms with E-state index >= 15 is 0 Å². The van der Waals surface area contributed by atoms with Crippen molar-refractivity contribution in [3.8, 4) is 0 Å². The zero-order valence-electron chi connectivity index (χ0n) is 25.0. The highest BCUT2D eigenvalue weighted by molar-refractivity contribution is 5.95. The summed E-state index contributed by atoms with van der Waals surface area (Å²) in [7, 11) is 0. The van der Waals surface area contributed by atoms with Gasteiger partial charge in [-0.1, -0.05) is 70.4 Å². The molecule has 1 unspecified atom stereocenters. The van der Waals surface area contributed by atoms with Crippen LogP contribution >= 0.6 is 0 Å². The van der Waals surface area contributed by atoms with Crippen molar-refractivity contribution in [3.05, 3.63) is 48.0 Å². The van der Waals surface area contributed by atoms with E-state index in [1.165, 1.54) is 25.0 Å². The second-order valence-electron chi connectivity index (χ2n) is 11.2. The van der Waals surface area contributed by atoms with E-state index in [9.17, 15) is 19.2 Å². The van der Waals surface area contributed by atoms with E-state index in [1.54, 1.807) is 0 Å². The molecular formula is C33H48O8. The first-order chi connectivity index (χ1) is 19.8. The highest BCUT2D eigenvalue weighted by atomic mass is 16.6. The van der Waals surface area contributed by atoms with Gasteiger partial charge in [0.05, 0.1) is 6.61 Å². The van der Waals surface area contributed by atoms with Gasteiger partial charge in [0.25, 0.3) is 0 Å². The number of carbonyl (C=O) groups excluding carboxylic acids is 4. The normalized spacial score (nSPS) is 16.8. The number of esters is 4. The molecule has 8 nitrogen and oxygen atoms in total. The smallest absolute Gasteiger partial charge is 0.331 e. The Labute approximate surface area is 245 Å². The van der Waals surface area contributed by atoms with Gasteiger partial charge in [-0.3, -0.25) is 9.59 Å². The van der Waals surface area contributed by atoms with Crippen LogP contribution in [0, 0.1) is 11.8 Å². The van der Waals surface area contributed by atoms with E-state index in [2.05, 4.69) is 0 Å². The van der Waals surface area contributed by atoms with E-state index in [4.69, 9.17) is 18.9 Å². The van der Waals surface area contributed by atoms with E-state index in [0.717, 1.165) is 63.4 Å². The fourth-order valence-electron chi connectivity index (χ4n) is 4.71. The maximum Gasteiger partial charge on any atom is 0.331 e. The maximum absolute atomic E-state index is 12.1. The largest absolute Gasteiger partial charge is 0.465 e. The zero-order valence-corrected chi connectivity index (χ0v) is 25.0. The van der Waals surface area contributed by atoms with Crippen LogP contribution in [0.25, 0.3) is 0 Å². The van der Waals surface area contributed by atoms with Gasteiger partial charge in [0.2, 0.25) is 0 Å². The molecule has 0 N–H and O–H groups in total. The molecule has 2 aliphatic rings. The van der Waals surface area contributed by atoms with Crippen LogP contribution < -0.4 is 0 Å². The van der Waals surface area contributed by atoms with Gasteiger partial charge in [-0.25, -0.2) is 9.59 Å². The maximum atomic E-state index is 12.1. The summed E-state index contributed by atoms with van der Waals surface area (Å²) in [6.45, 7) is 6.33. The molecule has 228 valence electrons. The van der Waals surface area contributed by atoms with Crippen LogP contribution in [0.2, 0.25) is 0 Å². The summed E-state index contributed by atoms with van der Waals surface area (Å²) < 4.78 is 21.0. The van der Waals surface area contributed by atoms with Crippen LogP contribution in [0.5, 0.6) is 0 Å². The molecule has 0 amide bonds. The van der Waals surface area contributed by atoms with Crippen LogP contribution in [0.15, 0.2) is 42.5 Å². The standard InChI is InChI=1S/C17H24O4.C16H24O4/c1-4-8-15(16(18)20-11-13(2)3)17(19)21-12-14-9-6-5-7-10-14;17-15(19-13-7-3-1-4-8-13)11-12-16(18)20-14-9-5-2-6-10-14/h5-7,9-10,13,15H,4,8,11-12H2,1-3H3;11-14H,1-10H2/b;12-11-. The molecular weight excluding hydrogens is 524 g/mol. The van der Waals surface area contributed by atoms with Gasteiger partial charge in [0.1, 0.15) is 18.8 Å². The minimum absolute atomic E-state index is 0.0234. The van der Waals surface area contributed by atoms with E-state index in [0.29, 0.717) is 13.0 Å². The molecule has 41 heavy (non-hydrogen) atoms. The Kier molecular flexibility index (Phi) is 16.5. The van der Waals surface area contributed by atoms with Gasteiger partial charge in [0, 0.05) is 12.2 Å². The molecule has 0 bridgehead atoms. The van der Waals surface area contributed by atoms with Crippen molar-refractivity contribution in [2.24, 2.45) is 11.8 Å². The second kappa shape index (κ2) is 19.8. The summed E-state index contributed by atoms with van der Waals surface area (Å²) >= 11 is 0. The van der Waals surface area contributed by atoms with Crippen LogP contribution in [-0.4, -0.2) is 42.7 Å². The number of ether oxygens (including phenoxy) is 4. The Morgan fingerprint density at radius 3 is 1.71 bits per heavy atom. The lowest BCUT2D eigenvalue weighted by molar-refractivity contribution is -0.164. The number of carbonyl (C=O) groups is 4. The summed E-state index contributed by atoms with van der Waals surface area (Å²) in [6, 6.07) is 9.40. The topological polar surface area (TPSA) is 105 Å². The van der Waals surface area contributed by atoms with Crippen LogP contribution in [0.1, 0.15) is 103 Å². The van der Waals surface area contributed by atoms with Gasteiger partial charge in [0.15, 0.2) is 5.92 Å². The fourth-order valence-corrected chi connectivity index (χ4v) is 4.71. The predicted molar refractivity (Wildman–Crippen MR) is 156 cm³/mol.